The molecule has 0 spiro atoms. The molecule has 2 rings (SSSR count). The van der Waals surface area contributed by atoms with Gasteiger partial charge in [-0.25, -0.2) is 4.98 Å². The molecule has 0 amide bonds. The predicted octanol–water partition coefficient (Wildman–Crippen LogP) is 5.69. The number of aryl methyl sites for hydroxylation is 1. The number of rotatable bonds is 3. The zero-order valence-electron chi connectivity index (χ0n) is 9.80. The summed E-state index contributed by atoms with van der Waals surface area (Å²) >= 11 is 17.3. The number of benzene rings is 1. The maximum absolute atomic E-state index is 6.19. The van der Waals surface area contributed by atoms with Crippen LogP contribution < -0.4 is 5.32 Å². The molecule has 1 aromatic heterocycles. The summed E-state index contributed by atoms with van der Waals surface area (Å²) in [6, 6.07) is 3.86. The Labute approximate surface area is 128 Å². The van der Waals surface area contributed by atoms with Gasteiger partial charge in [0.15, 0.2) is 0 Å². The molecule has 0 radical (unpaired) electrons. The highest BCUT2D eigenvalue weighted by molar-refractivity contribution is 9.10. The van der Waals surface area contributed by atoms with Gasteiger partial charge >= 0.3 is 0 Å². The van der Waals surface area contributed by atoms with E-state index in [1.807, 2.05) is 31.4 Å². The highest BCUT2D eigenvalue weighted by Crippen LogP contribution is 2.37. The van der Waals surface area contributed by atoms with Gasteiger partial charge in [-0.1, -0.05) is 23.2 Å². The molecular formula is C12H11BrCl2N2S. The van der Waals surface area contributed by atoms with Gasteiger partial charge in [0, 0.05) is 9.85 Å². The van der Waals surface area contributed by atoms with Gasteiger partial charge in [0.2, 0.25) is 0 Å². The third-order valence-electron chi connectivity index (χ3n) is 2.49. The summed E-state index contributed by atoms with van der Waals surface area (Å²) < 4.78 is 0.789. The quantitative estimate of drug-likeness (QED) is 0.706. The van der Waals surface area contributed by atoms with E-state index in [9.17, 15) is 0 Å². The molecule has 1 aromatic carbocycles. The second kappa shape index (κ2) is 5.78. The van der Waals surface area contributed by atoms with Crippen molar-refractivity contribution >= 4 is 56.2 Å². The second-order valence-electron chi connectivity index (χ2n) is 3.88. The smallest absolute Gasteiger partial charge is 0.0898 e. The minimum absolute atomic E-state index is 0.0877. The van der Waals surface area contributed by atoms with Crippen LogP contribution in [0.2, 0.25) is 10.0 Å². The summed E-state index contributed by atoms with van der Waals surface area (Å²) in [6.45, 7) is 4.03. The van der Waals surface area contributed by atoms with Crippen LogP contribution in [0.4, 0.5) is 5.69 Å². The first-order valence-corrected chi connectivity index (χ1v) is 7.74. The standard InChI is InChI=1S/C12H11BrCl2N2S/c1-6(10-5-18-7(2)17-10)16-9-4-3-8(13)11(14)12(9)15/h3-6,16H,1-2H3. The maximum Gasteiger partial charge on any atom is 0.0898 e. The highest BCUT2D eigenvalue weighted by Gasteiger charge is 2.13. The fraction of sp³-hybridized carbons (Fsp3) is 0.250. The topological polar surface area (TPSA) is 24.9 Å². The molecule has 96 valence electrons. The number of nitrogens with one attached hydrogen (secondary N) is 1. The summed E-state index contributed by atoms with van der Waals surface area (Å²) in [7, 11) is 0. The van der Waals surface area contributed by atoms with Gasteiger partial charge in [-0.2, -0.15) is 0 Å². The van der Waals surface area contributed by atoms with Crippen LogP contribution in [-0.4, -0.2) is 4.98 Å². The average Bonchev–Trinajstić information content (AvgIpc) is 2.77. The molecular weight excluding hydrogens is 355 g/mol. The monoisotopic (exact) mass is 364 g/mol. The lowest BCUT2D eigenvalue weighted by Gasteiger charge is -2.15. The Hall–Kier alpha value is -0.290. The van der Waals surface area contributed by atoms with Crippen molar-refractivity contribution in [2.75, 3.05) is 5.32 Å². The summed E-state index contributed by atoms with van der Waals surface area (Å²) in [5.41, 5.74) is 1.82. The summed E-state index contributed by atoms with van der Waals surface area (Å²) in [4.78, 5) is 4.45. The Bertz CT molecular complexity index is 571. The van der Waals surface area contributed by atoms with E-state index in [0.29, 0.717) is 10.0 Å². The Kier molecular flexibility index (Phi) is 4.54. The number of halogens is 3. The molecule has 0 fully saturated rings. The third-order valence-corrected chi connectivity index (χ3v) is 5.05. The largest absolute Gasteiger partial charge is 0.376 e. The lowest BCUT2D eigenvalue weighted by Crippen LogP contribution is -2.07. The van der Waals surface area contributed by atoms with Crippen molar-refractivity contribution in [3.8, 4) is 0 Å². The number of hydrogen-bond acceptors (Lipinski definition) is 3. The van der Waals surface area contributed by atoms with Crippen molar-refractivity contribution in [1.82, 2.24) is 4.98 Å². The molecule has 1 unspecified atom stereocenters. The molecule has 0 aliphatic carbocycles. The lowest BCUT2D eigenvalue weighted by atomic mass is 10.2. The molecule has 1 heterocycles. The van der Waals surface area contributed by atoms with Crippen molar-refractivity contribution in [3.05, 3.63) is 42.7 Å². The van der Waals surface area contributed by atoms with E-state index in [-0.39, 0.29) is 6.04 Å². The normalized spacial score (nSPS) is 12.5. The maximum atomic E-state index is 6.19. The number of hydrogen-bond donors (Lipinski definition) is 1. The summed E-state index contributed by atoms with van der Waals surface area (Å²) in [6.07, 6.45) is 0. The molecule has 6 heteroatoms. The Morgan fingerprint density at radius 2 is 2.06 bits per heavy atom. The number of aromatic nitrogens is 1. The van der Waals surface area contributed by atoms with Crippen LogP contribution in [0.3, 0.4) is 0 Å². The zero-order chi connectivity index (χ0) is 13.3. The van der Waals surface area contributed by atoms with Gasteiger partial charge in [-0.3, -0.25) is 0 Å². The first-order chi connectivity index (χ1) is 8.49. The van der Waals surface area contributed by atoms with Crippen molar-refractivity contribution < 1.29 is 0 Å². The molecule has 1 N–H and O–H groups in total. The highest BCUT2D eigenvalue weighted by atomic mass is 79.9. The molecule has 1 atom stereocenters. The second-order valence-corrected chi connectivity index (χ2v) is 6.55. The molecule has 0 aliphatic rings. The van der Waals surface area contributed by atoms with E-state index in [0.717, 1.165) is 20.9 Å². The third kappa shape index (κ3) is 2.99. The predicted molar refractivity (Wildman–Crippen MR) is 83.1 cm³/mol. The Morgan fingerprint density at radius 3 is 2.67 bits per heavy atom. The van der Waals surface area contributed by atoms with Crippen LogP contribution in [-0.2, 0) is 0 Å². The van der Waals surface area contributed by atoms with Crippen LogP contribution in [0.25, 0.3) is 0 Å². The van der Waals surface area contributed by atoms with Crippen molar-refractivity contribution in [3.63, 3.8) is 0 Å². The van der Waals surface area contributed by atoms with Gasteiger partial charge in [0.25, 0.3) is 0 Å². The van der Waals surface area contributed by atoms with Crippen LogP contribution in [0, 0.1) is 6.92 Å². The van der Waals surface area contributed by atoms with Crippen molar-refractivity contribution in [1.29, 1.82) is 0 Å². The first-order valence-electron chi connectivity index (χ1n) is 5.31. The van der Waals surface area contributed by atoms with Crippen LogP contribution >= 0.6 is 50.5 Å². The van der Waals surface area contributed by atoms with Crippen molar-refractivity contribution in [2.45, 2.75) is 19.9 Å². The fourth-order valence-corrected chi connectivity index (χ4v) is 3.06. The van der Waals surface area contributed by atoms with Gasteiger partial charge in [-0.05, 0) is 41.9 Å². The van der Waals surface area contributed by atoms with Crippen LogP contribution in [0.1, 0.15) is 23.7 Å². The molecule has 0 saturated heterocycles. The van der Waals surface area contributed by atoms with Gasteiger partial charge < -0.3 is 5.32 Å². The van der Waals surface area contributed by atoms with Gasteiger partial charge in [0.05, 0.1) is 32.5 Å². The molecule has 0 aliphatic heterocycles. The van der Waals surface area contributed by atoms with E-state index < -0.39 is 0 Å². The van der Waals surface area contributed by atoms with Crippen LogP contribution in [0.15, 0.2) is 22.0 Å². The van der Waals surface area contributed by atoms with Gasteiger partial charge in [0.1, 0.15) is 0 Å². The van der Waals surface area contributed by atoms with Crippen molar-refractivity contribution in [2.24, 2.45) is 0 Å². The van der Waals surface area contributed by atoms with E-state index >= 15 is 0 Å². The van der Waals surface area contributed by atoms with E-state index in [1.165, 1.54) is 0 Å². The molecule has 0 saturated carbocycles. The molecule has 18 heavy (non-hydrogen) atoms. The van der Waals surface area contributed by atoms with E-state index in [1.54, 1.807) is 11.3 Å². The van der Waals surface area contributed by atoms with E-state index in [4.69, 9.17) is 23.2 Å². The average molecular weight is 366 g/mol. The SMILES string of the molecule is Cc1nc(C(C)Nc2ccc(Br)c(Cl)c2Cl)cs1. The summed E-state index contributed by atoms with van der Waals surface area (Å²) in [5, 5.41) is 7.45. The number of anilines is 1. The van der Waals surface area contributed by atoms with Gasteiger partial charge in [-0.15, -0.1) is 11.3 Å². The fourth-order valence-electron chi connectivity index (χ4n) is 1.52. The number of nitrogens with zero attached hydrogens (tertiary/aromatic N) is 1. The Balaban J connectivity index is 2.22. The molecule has 0 bridgehead atoms. The Morgan fingerprint density at radius 1 is 1.33 bits per heavy atom. The summed E-state index contributed by atoms with van der Waals surface area (Å²) in [5.74, 6) is 0. The lowest BCUT2D eigenvalue weighted by molar-refractivity contribution is 0.845. The number of thiazole rings is 1. The minimum Gasteiger partial charge on any atom is -0.376 e. The first kappa shape index (κ1) is 14.1. The van der Waals surface area contributed by atoms with Crippen LogP contribution in [0.5, 0.6) is 0 Å². The molecule has 2 nitrogen and oxygen atoms in total. The zero-order valence-corrected chi connectivity index (χ0v) is 13.7. The van der Waals surface area contributed by atoms with E-state index in [2.05, 4.69) is 26.2 Å². The minimum atomic E-state index is 0.0877. The molecule has 2 aromatic rings.